The van der Waals surface area contributed by atoms with Crippen molar-refractivity contribution in [2.75, 3.05) is 26.2 Å². The predicted molar refractivity (Wildman–Crippen MR) is 177 cm³/mol. The Labute approximate surface area is 283 Å². The highest BCUT2D eigenvalue weighted by atomic mass is 19.1. The Bertz CT molecular complexity index is 1660. The van der Waals surface area contributed by atoms with Crippen molar-refractivity contribution in [2.45, 2.75) is 56.8 Å². The Morgan fingerprint density at radius 3 is 2.18 bits per heavy atom. The van der Waals surface area contributed by atoms with Gasteiger partial charge in [-0.2, -0.15) is 0 Å². The van der Waals surface area contributed by atoms with Gasteiger partial charge in [0.15, 0.2) is 5.60 Å². The van der Waals surface area contributed by atoms with Crippen LogP contribution in [0.5, 0.6) is 11.5 Å². The minimum absolute atomic E-state index is 0.0864. The van der Waals surface area contributed by atoms with Crippen molar-refractivity contribution in [3.8, 4) is 11.5 Å². The number of ether oxygens (including phenoxy) is 2. The van der Waals surface area contributed by atoms with Crippen LogP contribution in [0.1, 0.15) is 42.6 Å². The van der Waals surface area contributed by atoms with Gasteiger partial charge < -0.3 is 35.6 Å². The first-order valence-corrected chi connectivity index (χ1v) is 16.2. The van der Waals surface area contributed by atoms with E-state index in [4.69, 9.17) is 9.47 Å². The van der Waals surface area contributed by atoms with Crippen LogP contribution < -0.4 is 30.7 Å². The fourth-order valence-corrected chi connectivity index (χ4v) is 5.71. The number of benzene rings is 3. The summed E-state index contributed by atoms with van der Waals surface area (Å²) in [5.41, 5.74) is -0.487. The van der Waals surface area contributed by atoms with Crippen molar-refractivity contribution in [1.82, 2.24) is 26.2 Å². The van der Waals surface area contributed by atoms with Gasteiger partial charge >= 0.3 is 0 Å². The van der Waals surface area contributed by atoms with Gasteiger partial charge in [-0.25, -0.2) is 4.39 Å². The molecule has 5 amide bonds. The minimum Gasteiger partial charge on any atom is -0.492 e. The number of likely N-dealkylation sites (tertiary alicyclic amines) is 1. The zero-order valence-electron chi connectivity index (χ0n) is 27.4. The quantitative estimate of drug-likeness (QED) is 0.311. The Hall–Kier alpha value is -5.46. The van der Waals surface area contributed by atoms with Crippen molar-refractivity contribution in [3.63, 3.8) is 0 Å². The highest BCUT2D eigenvalue weighted by Crippen LogP contribution is 2.31. The lowest BCUT2D eigenvalue weighted by Gasteiger charge is -2.41. The normalized spacial score (nSPS) is 22.1. The van der Waals surface area contributed by atoms with Crippen LogP contribution in [0.2, 0.25) is 0 Å². The lowest BCUT2D eigenvalue weighted by atomic mass is 9.89. The average Bonchev–Trinajstić information content (AvgIpc) is 3.10. The lowest BCUT2D eigenvalue weighted by molar-refractivity contribution is -0.143. The molecule has 12 nitrogen and oxygen atoms in total. The third-order valence-corrected chi connectivity index (χ3v) is 8.56. The number of hydrogen-bond donors (Lipinski definition) is 4. The van der Waals surface area contributed by atoms with Gasteiger partial charge in [0, 0.05) is 37.9 Å². The van der Waals surface area contributed by atoms with Gasteiger partial charge in [-0.15, -0.1) is 0 Å². The Kier molecular flexibility index (Phi) is 11.1. The molecule has 13 heteroatoms. The van der Waals surface area contributed by atoms with Crippen LogP contribution in [0.4, 0.5) is 4.39 Å². The fourth-order valence-electron chi connectivity index (χ4n) is 5.71. The van der Waals surface area contributed by atoms with E-state index in [0.717, 1.165) is 5.56 Å². The van der Waals surface area contributed by atoms with Crippen LogP contribution in [-0.2, 0) is 25.6 Å². The molecule has 2 bridgehead atoms. The standard InChI is InChI=1S/C36H40FN5O7/c1-23-31(43)38-17-20-48-28-11-13-29(14-12-28)49-36(15-18-42(19-16-36)34(46)26-9-6-10-27(37)22-26)35(47)40-24(2)32(44)41-30(33(45)39-23)21-25-7-4-3-5-8-25/h3-14,22-24,30H,15-21H2,1-2H3,(H,38,43)(H,39,45)(H,40,47)(H,41,44)/t23-,24-,30-/m0/s1. The lowest BCUT2D eigenvalue weighted by Crippen LogP contribution is -2.61. The predicted octanol–water partition coefficient (Wildman–Crippen LogP) is 2.13. The van der Waals surface area contributed by atoms with Crippen molar-refractivity contribution >= 4 is 29.5 Å². The molecule has 0 saturated carbocycles. The van der Waals surface area contributed by atoms with Gasteiger partial charge in [0.1, 0.15) is 42.0 Å². The maximum Gasteiger partial charge on any atom is 0.264 e. The summed E-state index contributed by atoms with van der Waals surface area (Å²) in [6.45, 7) is 3.63. The summed E-state index contributed by atoms with van der Waals surface area (Å²) in [5.74, 6) is -2.22. The van der Waals surface area contributed by atoms with Crippen LogP contribution in [0, 0.1) is 5.82 Å². The summed E-state index contributed by atoms with van der Waals surface area (Å²) >= 11 is 0. The first-order chi connectivity index (χ1) is 23.5. The summed E-state index contributed by atoms with van der Waals surface area (Å²) in [4.78, 5) is 68.3. The second kappa shape index (κ2) is 15.6. The molecule has 3 aliphatic heterocycles. The third-order valence-electron chi connectivity index (χ3n) is 8.56. The van der Waals surface area contributed by atoms with E-state index in [2.05, 4.69) is 21.3 Å². The molecule has 0 aliphatic carbocycles. The Morgan fingerprint density at radius 1 is 0.816 bits per heavy atom. The van der Waals surface area contributed by atoms with Crippen molar-refractivity contribution in [1.29, 1.82) is 0 Å². The molecule has 6 rings (SSSR count). The molecular formula is C36H40FN5O7. The SMILES string of the molecule is C[C@@H]1NC(=O)[C@H](Cc2ccccc2)NC(=O)[C@H](C)NC(=O)C2(CCN(C(=O)c3cccc(F)c3)CC2)Oc2ccc(cc2)OCCNC1=O. The summed E-state index contributed by atoms with van der Waals surface area (Å²) in [7, 11) is 0. The Balaban J connectivity index is 1.38. The van der Waals surface area contributed by atoms with Crippen LogP contribution in [-0.4, -0.2) is 84.4 Å². The highest BCUT2D eigenvalue weighted by Gasteiger charge is 2.46. The molecule has 49 heavy (non-hydrogen) atoms. The summed E-state index contributed by atoms with van der Waals surface area (Å²) in [5, 5.41) is 10.9. The molecule has 258 valence electrons. The van der Waals surface area contributed by atoms with Gasteiger partial charge in [-0.1, -0.05) is 36.4 Å². The van der Waals surface area contributed by atoms with Crippen LogP contribution in [0.25, 0.3) is 0 Å². The number of carbonyl (C=O) groups excluding carboxylic acids is 5. The van der Waals surface area contributed by atoms with Gasteiger partial charge in [-0.05, 0) is 61.9 Å². The molecule has 0 unspecified atom stereocenters. The van der Waals surface area contributed by atoms with Crippen molar-refractivity contribution in [2.24, 2.45) is 0 Å². The zero-order chi connectivity index (χ0) is 35.0. The van der Waals surface area contributed by atoms with Crippen LogP contribution >= 0.6 is 0 Å². The van der Waals surface area contributed by atoms with E-state index >= 15 is 0 Å². The van der Waals surface area contributed by atoms with Gasteiger partial charge in [0.05, 0.1) is 6.54 Å². The molecule has 3 heterocycles. The van der Waals surface area contributed by atoms with E-state index in [-0.39, 0.29) is 57.0 Å². The van der Waals surface area contributed by atoms with Gasteiger partial charge in [0.2, 0.25) is 17.7 Å². The number of hydrogen-bond acceptors (Lipinski definition) is 7. The third kappa shape index (κ3) is 8.92. The smallest absolute Gasteiger partial charge is 0.264 e. The van der Waals surface area contributed by atoms with E-state index in [9.17, 15) is 28.4 Å². The van der Waals surface area contributed by atoms with Crippen molar-refractivity contribution in [3.05, 3.63) is 95.8 Å². The molecule has 3 aromatic rings. The van der Waals surface area contributed by atoms with Crippen LogP contribution in [0.15, 0.2) is 78.9 Å². The molecule has 1 spiro atoms. The maximum atomic E-state index is 14.0. The number of amides is 5. The van der Waals surface area contributed by atoms with E-state index < -0.39 is 53.2 Å². The number of nitrogens with zero attached hydrogens (tertiary/aromatic N) is 1. The molecule has 1 fully saturated rings. The van der Waals surface area contributed by atoms with E-state index in [0.29, 0.717) is 11.5 Å². The fraction of sp³-hybridized carbons (Fsp3) is 0.361. The van der Waals surface area contributed by atoms with E-state index in [1.54, 1.807) is 31.2 Å². The summed E-state index contributed by atoms with van der Waals surface area (Å²) in [6.07, 6.45) is 0.311. The number of rotatable bonds is 3. The number of nitrogens with one attached hydrogen (secondary N) is 4. The molecule has 1 saturated heterocycles. The first-order valence-electron chi connectivity index (χ1n) is 16.2. The second-order valence-corrected chi connectivity index (χ2v) is 12.2. The van der Waals surface area contributed by atoms with Crippen molar-refractivity contribution < 1.29 is 37.8 Å². The summed E-state index contributed by atoms with van der Waals surface area (Å²) < 4.78 is 25.9. The zero-order valence-corrected chi connectivity index (χ0v) is 27.4. The van der Waals surface area contributed by atoms with Gasteiger partial charge in [-0.3, -0.25) is 24.0 Å². The monoisotopic (exact) mass is 673 g/mol. The summed E-state index contributed by atoms with van der Waals surface area (Å²) in [6, 6.07) is 18.1. The number of fused-ring (bicyclic) bond motifs is 15. The van der Waals surface area contributed by atoms with E-state index in [1.807, 2.05) is 30.3 Å². The molecule has 0 aromatic heterocycles. The molecule has 4 N–H and O–H groups in total. The van der Waals surface area contributed by atoms with Crippen LogP contribution in [0.3, 0.4) is 0 Å². The number of halogens is 1. The second-order valence-electron chi connectivity index (χ2n) is 12.2. The minimum atomic E-state index is -1.46. The van der Waals surface area contributed by atoms with Gasteiger partial charge in [0.25, 0.3) is 11.8 Å². The highest BCUT2D eigenvalue weighted by molar-refractivity contribution is 5.96. The average molecular weight is 674 g/mol. The molecule has 3 aliphatic rings. The molecular weight excluding hydrogens is 633 g/mol. The largest absolute Gasteiger partial charge is 0.492 e. The number of piperidine rings is 1. The first kappa shape index (κ1) is 34.9. The molecule has 3 atom stereocenters. The topological polar surface area (TPSA) is 155 Å². The Morgan fingerprint density at radius 2 is 1.49 bits per heavy atom. The number of carbonyl (C=O) groups is 5. The molecule has 0 radical (unpaired) electrons. The maximum absolute atomic E-state index is 14.0. The molecule has 3 aromatic carbocycles. The van der Waals surface area contributed by atoms with E-state index in [1.165, 1.54) is 36.1 Å².